The van der Waals surface area contributed by atoms with Gasteiger partial charge in [0.05, 0.1) is 10.6 Å². The van der Waals surface area contributed by atoms with Crippen molar-refractivity contribution in [3.05, 3.63) is 58.6 Å². The number of rotatable bonds is 6. The van der Waals surface area contributed by atoms with Crippen molar-refractivity contribution < 1.29 is 19.1 Å². The van der Waals surface area contributed by atoms with Gasteiger partial charge >= 0.3 is 6.09 Å². The number of hydrogen-bond acceptors (Lipinski definition) is 7. The molecule has 1 aliphatic carbocycles. The van der Waals surface area contributed by atoms with Crippen molar-refractivity contribution >= 4 is 29.3 Å². The van der Waals surface area contributed by atoms with Crippen molar-refractivity contribution in [2.75, 3.05) is 44.2 Å². The van der Waals surface area contributed by atoms with Crippen LogP contribution in [0.4, 0.5) is 10.5 Å². The number of halogens is 1. The Labute approximate surface area is 272 Å². The highest BCUT2D eigenvalue weighted by atomic mass is 35.5. The molecule has 3 fully saturated rings. The van der Waals surface area contributed by atoms with E-state index >= 15 is 0 Å². The molecule has 2 aromatic rings. The second-order valence-corrected chi connectivity index (χ2v) is 15.1. The summed E-state index contributed by atoms with van der Waals surface area (Å²) in [6.07, 6.45) is 0.675. The van der Waals surface area contributed by atoms with Gasteiger partial charge < -0.3 is 24.6 Å². The summed E-state index contributed by atoms with van der Waals surface area (Å²) in [5, 5.41) is 12.8. The van der Waals surface area contributed by atoms with Crippen LogP contribution in [0, 0.1) is 22.2 Å². The van der Waals surface area contributed by atoms with Crippen LogP contribution in [0.2, 0.25) is 5.02 Å². The molecule has 2 heterocycles. The number of nitrogens with zero attached hydrogens (tertiary/aromatic N) is 4. The molecule has 10 heteroatoms. The Morgan fingerprint density at radius 3 is 2.20 bits per heavy atom. The fourth-order valence-electron chi connectivity index (χ4n) is 7.50. The maximum absolute atomic E-state index is 13.4. The topological polar surface area (TPSA) is 98.1 Å². The maximum Gasteiger partial charge on any atom is 0.410 e. The lowest BCUT2D eigenvalue weighted by Crippen LogP contribution is -2.74. The van der Waals surface area contributed by atoms with E-state index in [0.717, 1.165) is 38.3 Å². The molecular formula is C35H46ClN5O4. The molecule has 0 bridgehead atoms. The Balaban J connectivity index is 1.13. The molecule has 1 atom stereocenters. The van der Waals surface area contributed by atoms with E-state index in [0.29, 0.717) is 41.0 Å². The number of piperazine rings is 1. The van der Waals surface area contributed by atoms with Crippen molar-refractivity contribution in [1.29, 1.82) is 5.26 Å². The van der Waals surface area contributed by atoms with E-state index in [1.165, 1.54) is 0 Å². The summed E-state index contributed by atoms with van der Waals surface area (Å²) in [6.45, 7) is 19.0. The van der Waals surface area contributed by atoms with Crippen LogP contribution in [0.5, 0.6) is 5.75 Å². The van der Waals surface area contributed by atoms with Crippen LogP contribution in [-0.4, -0.2) is 84.9 Å². The number of anilines is 1. The van der Waals surface area contributed by atoms with E-state index in [4.69, 9.17) is 21.1 Å². The lowest BCUT2D eigenvalue weighted by molar-refractivity contribution is -0.164. The highest BCUT2D eigenvalue weighted by Crippen LogP contribution is 2.55. The van der Waals surface area contributed by atoms with E-state index in [1.807, 2.05) is 49.9 Å². The molecule has 242 valence electrons. The van der Waals surface area contributed by atoms with Crippen LogP contribution < -0.4 is 15.0 Å². The summed E-state index contributed by atoms with van der Waals surface area (Å²) in [5.41, 5.74) is 1.00. The molecule has 2 amide bonds. The second-order valence-electron chi connectivity index (χ2n) is 14.7. The van der Waals surface area contributed by atoms with Gasteiger partial charge in [-0.2, -0.15) is 5.26 Å². The molecule has 0 unspecified atom stereocenters. The lowest BCUT2D eigenvalue weighted by Gasteiger charge is -2.63. The van der Waals surface area contributed by atoms with Crippen LogP contribution in [-0.2, 0) is 4.74 Å². The van der Waals surface area contributed by atoms with Crippen molar-refractivity contribution in [3.8, 4) is 11.8 Å². The Morgan fingerprint density at radius 2 is 1.62 bits per heavy atom. The van der Waals surface area contributed by atoms with Crippen LogP contribution >= 0.6 is 11.6 Å². The molecule has 5 rings (SSSR count). The Kier molecular flexibility index (Phi) is 9.05. The minimum Gasteiger partial charge on any atom is -0.489 e. The summed E-state index contributed by atoms with van der Waals surface area (Å²) < 4.78 is 11.9. The highest BCUT2D eigenvalue weighted by molar-refractivity contribution is 6.31. The van der Waals surface area contributed by atoms with E-state index < -0.39 is 5.60 Å². The molecule has 1 saturated carbocycles. The predicted molar refractivity (Wildman–Crippen MR) is 176 cm³/mol. The van der Waals surface area contributed by atoms with Crippen molar-refractivity contribution in [2.45, 2.75) is 78.7 Å². The number of carbonyl (C=O) groups excluding carboxylic acids is 2. The van der Waals surface area contributed by atoms with Crippen LogP contribution in [0.3, 0.4) is 0 Å². The van der Waals surface area contributed by atoms with E-state index in [2.05, 4.69) is 48.9 Å². The van der Waals surface area contributed by atoms with Gasteiger partial charge in [-0.1, -0.05) is 39.3 Å². The zero-order valence-corrected chi connectivity index (χ0v) is 28.3. The van der Waals surface area contributed by atoms with Gasteiger partial charge in [0.1, 0.15) is 23.5 Å². The molecule has 1 N–H and O–H groups in total. The number of amides is 2. The van der Waals surface area contributed by atoms with E-state index in [-0.39, 0.29) is 35.0 Å². The van der Waals surface area contributed by atoms with Crippen molar-refractivity contribution in [3.63, 3.8) is 0 Å². The third-order valence-corrected chi connectivity index (χ3v) is 9.88. The second kappa shape index (κ2) is 12.4. The minimum atomic E-state index is -0.484. The summed E-state index contributed by atoms with van der Waals surface area (Å²) in [5.74, 6) is 0.507. The highest BCUT2D eigenvalue weighted by Gasteiger charge is 2.64. The van der Waals surface area contributed by atoms with Gasteiger partial charge in [-0.3, -0.25) is 9.69 Å². The minimum absolute atomic E-state index is 0.102. The average molecular weight is 636 g/mol. The standard InChI is InChI=1S/C35H46ClN5O4/c1-33(2,3)45-32(43)40-18-16-39(17-19-40)26-14-15-41(22-26)25-11-8-23(9-12-25)29(42)38-30-34(4,5)31(35(30,6)7)44-27-13-10-24(21-37)28(36)20-27/h8-13,20,26,30-31H,14-19,22H2,1-7H3,(H,38,42)/t26-,30-,31-/m1/s1. The van der Waals surface area contributed by atoms with Gasteiger partial charge in [-0.05, 0) is 63.6 Å². The molecule has 2 aliphatic heterocycles. The Hall–Kier alpha value is -3.48. The van der Waals surface area contributed by atoms with Crippen LogP contribution in [0.1, 0.15) is 70.8 Å². The number of hydrogen-bond donors (Lipinski definition) is 1. The number of ether oxygens (including phenoxy) is 2. The first-order chi connectivity index (χ1) is 21.1. The lowest BCUT2D eigenvalue weighted by atomic mass is 9.49. The number of nitriles is 1. The summed E-state index contributed by atoms with van der Waals surface area (Å²) in [6, 6.07) is 15.4. The first-order valence-corrected chi connectivity index (χ1v) is 16.2. The van der Waals surface area contributed by atoms with Gasteiger partial charge in [-0.15, -0.1) is 0 Å². The number of nitrogens with one attached hydrogen (secondary N) is 1. The fourth-order valence-corrected chi connectivity index (χ4v) is 7.72. The van der Waals surface area contributed by atoms with Gasteiger partial charge in [-0.25, -0.2) is 4.79 Å². The molecule has 3 aliphatic rings. The molecule has 2 aromatic carbocycles. The number of benzene rings is 2. The summed E-state index contributed by atoms with van der Waals surface area (Å²) in [4.78, 5) is 32.5. The van der Waals surface area contributed by atoms with Crippen LogP contribution in [0.25, 0.3) is 0 Å². The van der Waals surface area contributed by atoms with Gasteiger partial charge in [0.15, 0.2) is 0 Å². The number of carbonyl (C=O) groups is 2. The normalized spacial score (nSPS) is 24.4. The third kappa shape index (κ3) is 6.87. The molecule has 0 radical (unpaired) electrons. The van der Waals surface area contributed by atoms with E-state index in [1.54, 1.807) is 18.2 Å². The van der Waals surface area contributed by atoms with Gasteiger partial charge in [0, 0.05) is 79.5 Å². The molecule has 2 saturated heterocycles. The molecule has 9 nitrogen and oxygen atoms in total. The predicted octanol–water partition coefficient (Wildman–Crippen LogP) is 5.96. The maximum atomic E-state index is 13.4. The molecule has 0 aromatic heterocycles. The van der Waals surface area contributed by atoms with Gasteiger partial charge in [0.2, 0.25) is 0 Å². The first-order valence-electron chi connectivity index (χ1n) is 15.8. The fraction of sp³-hybridized carbons (Fsp3) is 0.571. The zero-order valence-electron chi connectivity index (χ0n) is 27.5. The smallest absolute Gasteiger partial charge is 0.410 e. The van der Waals surface area contributed by atoms with Crippen molar-refractivity contribution in [1.82, 2.24) is 15.1 Å². The largest absolute Gasteiger partial charge is 0.489 e. The summed E-state index contributed by atoms with van der Waals surface area (Å²) in [7, 11) is 0. The quantitative estimate of drug-likeness (QED) is 0.419. The molecular weight excluding hydrogens is 590 g/mol. The third-order valence-electron chi connectivity index (χ3n) is 9.57. The van der Waals surface area contributed by atoms with E-state index in [9.17, 15) is 14.9 Å². The van der Waals surface area contributed by atoms with Gasteiger partial charge in [0.25, 0.3) is 5.91 Å². The van der Waals surface area contributed by atoms with Crippen LogP contribution in [0.15, 0.2) is 42.5 Å². The molecule has 45 heavy (non-hydrogen) atoms. The summed E-state index contributed by atoms with van der Waals surface area (Å²) >= 11 is 6.23. The van der Waals surface area contributed by atoms with Crippen molar-refractivity contribution in [2.24, 2.45) is 10.8 Å². The monoisotopic (exact) mass is 635 g/mol. The first kappa shape index (κ1) is 32.9. The Bertz CT molecular complexity index is 1440. The zero-order chi connectivity index (χ0) is 32.7. The average Bonchev–Trinajstić information content (AvgIpc) is 3.48. The SMILES string of the molecule is CC(C)(C)OC(=O)N1CCN([C@@H]2CCN(c3ccc(C(=O)N[C@H]4C(C)(C)[C@H](Oc5ccc(C#N)c(Cl)c5)C4(C)C)cc3)C2)CC1. The Morgan fingerprint density at radius 1 is 0.978 bits per heavy atom. The molecule has 0 spiro atoms.